The summed E-state index contributed by atoms with van der Waals surface area (Å²) >= 11 is 0. The highest BCUT2D eigenvalue weighted by atomic mass is 15.0. The maximum absolute atomic E-state index is 3.97. The van der Waals surface area contributed by atoms with E-state index in [1.165, 1.54) is 22.0 Å². The summed E-state index contributed by atoms with van der Waals surface area (Å²) in [4.78, 5) is 0. The first kappa shape index (κ1) is 12.0. The van der Waals surface area contributed by atoms with E-state index in [4.69, 9.17) is 0 Å². The van der Waals surface area contributed by atoms with Crippen LogP contribution in [0.15, 0.2) is 60.8 Å². The van der Waals surface area contributed by atoms with Crippen LogP contribution in [0.2, 0.25) is 0 Å². The van der Waals surface area contributed by atoms with Gasteiger partial charge in [-0.3, -0.25) is 0 Å². The third kappa shape index (κ3) is 2.40. The molecule has 0 fully saturated rings. The fraction of sp³-hybridized carbons (Fsp3) is 0.176. The van der Waals surface area contributed by atoms with Crippen molar-refractivity contribution in [2.75, 3.05) is 6.54 Å². The normalized spacial score (nSPS) is 11.0. The molecule has 0 aliphatic carbocycles. The minimum atomic E-state index is 0.929. The van der Waals surface area contributed by atoms with Gasteiger partial charge >= 0.3 is 0 Å². The van der Waals surface area contributed by atoms with Crippen LogP contribution in [-0.2, 0) is 13.0 Å². The molecule has 0 bridgehead atoms. The van der Waals surface area contributed by atoms with Crippen LogP contribution in [0.5, 0.6) is 0 Å². The molecule has 2 aromatic carbocycles. The van der Waals surface area contributed by atoms with Crippen molar-refractivity contribution in [2.24, 2.45) is 0 Å². The summed E-state index contributed by atoms with van der Waals surface area (Å²) in [7, 11) is 0. The van der Waals surface area contributed by atoms with Gasteiger partial charge in [-0.1, -0.05) is 48.5 Å². The minimum absolute atomic E-state index is 0.929. The molecule has 3 aromatic rings. The number of hydrogen-bond donors (Lipinski definition) is 1. The molecular weight excluding hydrogens is 232 g/mol. The van der Waals surface area contributed by atoms with Gasteiger partial charge in [0.25, 0.3) is 0 Å². The first-order valence-electron chi connectivity index (χ1n) is 6.78. The summed E-state index contributed by atoms with van der Waals surface area (Å²) in [5.74, 6) is 0. The molecule has 0 radical (unpaired) electrons. The molecule has 96 valence electrons. The number of quaternary nitrogens is 1. The lowest BCUT2D eigenvalue weighted by Crippen LogP contribution is -2.51. The third-order valence-corrected chi connectivity index (χ3v) is 3.51. The second-order valence-corrected chi connectivity index (χ2v) is 4.89. The lowest BCUT2D eigenvalue weighted by Gasteiger charge is -2.05. The van der Waals surface area contributed by atoms with E-state index in [-0.39, 0.29) is 0 Å². The fourth-order valence-electron chi connectivity index (χ4n) is 2.62. The molecule has 0 saturated carbocycles. The topological polar surface area (TPSA) is 32.6 Å². The monoisotopic (exact) mass is 251 g/mol. The van der Waals surface area contributed by atoms with Gasteiger partial charge in [0.2, 0.25) is 0 Å². The Labute approximate surface area is 113 Å². The Hall–Kier alpha value is -2.06. The highest BCUT2D eigenvalue weighted by Crippen LogP contribution is 2.22. The molecule has 0 amide bonds. The van der Waals surface area contributed by atoms with E-state index in [0.29, 0.717) is 0 Å². The zero-order chi connectivity index (χ0) is 13.1. The number of rotatable bonds is 4. The van der Waals surface area contributed by atoms with E-state index < -0.39 is 0 Å². The molecule has 3 rings (SSSR count). The van der Waals surface area contributed by atoms with E-state index in [1.807, 2.05) is 0 Å². The van der Waals surface area contributed by atoms with Crippen LogP contribution in [0, 0.1) is 0 Å². The molecule has 0 aliphatic rings. The molecule has 1 heterocycles. The van der Waals surface area contributed by atoms with Gasteiger partial charge in [-0.2, -0.15) is 0 Å². The highest BCUT2D eigenvalue weighted by Gasteiger charge is 2.08. The maximum Gasteiger partial charge on any atom is 0.0781 e. The van der Waals surface area contributed by atoms with Gasteiger partial charge in [0.05, 0.1) is 6.54 Å². The second kappa shape index (κ2) is 5.29. The Kier molecular flexibility index (Phi) is 3.34. The van der Waals surface area contributed by atoms with Crippen molar-refractivity contribution < 1.29 is 5.73 Å². The van der Waals surface area contributed by atoms with E-state index in [9.17, 15) is 0 Å². The smallest absolute Gasteiger partial charge is 0.0781 e. The molecule has 0 aliphatic heterocycles. The summed E-state index contributed by atoms with van der Waals surface area (Å²) in [6.07, 6.45) is 3.32. The van der Waals surface area contributed by atoms with Crippen molar-refractivity contribution >= 4 is 10.9 Å². The van der Waals surface area contributed by atoms with E-state index in [1.54, 1.807) is 0 Å². The van der Waals surface area contributed by atoms with Gasteiger partial charge < -0.3 is 10.3 Å². The van der Waals surface area contributed by atoms with Crippen molar-refractivity contribution in [3.05, 3.63) is 71.9 Å². The van der Waals surface area contributed by atoms with Crippen LogP contribution in [0.1, 0.15) is 11.1 Å². The fourth-order valence-corrected chi connectivity index (χ4v) is 2.62. The average molecular weight is 251 g/mol. The van der Waals surface area contributed by atoms with Crippen molar-refractivity contribution in [3.8, 4) is 0 Å². The van der Waals surface area contributed by atoms with Crippen LogP contribution in [-0.4, -0.2) is 11.1 Å². The Morgan fingerprint density at radius 3 is 2.42 bits per heavy atom. The highest BCUT2D eigenvalue weighted by molar-refractivity contribution is 5.84. The SMILES string of the molecule is [NH3+]CCc1cn(Cc2ccccc2)c2ccccc12. The Morgan fingerprint density at radius 2 is 1.63 bits per heavy atom. The van der Waals surface area contributed by atoms with Gasteiger partial charge in [-0.15, -0.1) is 0 Å². The van der Waals surface area contributed by atoms with Crippen molar-refractivity contribution in [2.45, 2.75) is 13.0 Å². The first-order chi connectivity index (χ1) is 9.38. The van der Waals surface area contributed by atoms with Crippen molar-refractivity contribution in [3.63, 3.8) is 0 Å². The summed E-state index contributed by atoms with van der Waals surface area (Å²) in [5, 5.41) is 1.36. The quantitative estimate of drug-likeness (QED) is 0.739. The van der Waals surface area contributed by atoms with Gasteiger partial charge in [-0.05, 0) is 17.2 Å². The zero-order valence-electron chi connectivity index (χ0n) is 11.0. The lowest BCUT2D eigenvalue weighted by molar-refractivity contribution is -0.366. The molecule has 19 heavy (non-hydrogen) atoms. The summed E-state index contributed by atoms with van der Waals surface area (Å²) in [6.45, 7) is 1.87. The summed E-state index contributed by atoms with van der Waals surface area (Å²) < 4.78 is 2.34. The van der Waals surface area contributed by atoms with Gasteiger partial charge in [0.15, 0.2) is 0 Å². The Morgan fingerprint density at radius 1 is 0.895 bits per heavy atom. The molecule has 0 unspecified atom stereocenters. The molecule has 0 spiro atoms. The summed E-state index contributed by atoms with van der Waals surface area (Å²) in [5.41, 5.74) is 8.03. The number of hydrogen-bond acceptors (Lipinski definition) is 0. The number of fused-ring (bicyclic) bond motifs is 1. The van der Waals surface area contributed by atoms with Gasteiger partial charge in [0, 0.05) is 30.1 Å². The zero-order valence-corrected chi connectivity index (χ0v) is 11.0. The van der Waals surface area contributed by atoms with E-state index >= 15 is 0 Å². The molecule has 0 atom stereocenters. The molecule has 3 N–H and O–H groups in total. The van der Waals surface area contributed by atoms with Crippen LogP contribution in [0.3, 0.4) is 0 Å². The molecule has 2 heteroatoms. The van der Waals surface area contributed by atoms with Crippen molar-refractivity contribution in [1.82, 2.24) is 4.57 Å². The standard InChI is InChI=1S/C17H18N2/c18-11-10-15-13-19(12-14-6-2-1-3-7-14)17-9-5-4-8-16(15)17/h1-9,13H,10-12,18H2/p+1. The first-order valence-corrected chi connectivity index (χ1v) is 6.78. The molecular formula is C17H19N2+. The number of benzene rings is 2. The summed E-state index contributed by atoms with van der Waals surface area (Å²) in [6, 6.07) is 19.2. The Balaban J connectivity index is 2.03. The van der Waals surface area contributed by atoms with Gasteiger partial charge in [0.1, 0.15) is 0 Å². The van der Waals surface area contributed by atoms with Crippen LogP contribution < -0.4 is 5.73 Å². The van der Waals surface area contributed by atoms with Crippen LogP contribution in [0.4, 0.5) is 0 Å². The Bertz CT molecular complexity index is 668. The minimum Gasteiger partial charge on any atom is -0.357 e. The predicted molar refractivity (Wildman–Crippen MR) is 78.9 cm³/mol. The largest absolute Gasteiger partial charge is 0.357 e. The number of nitrogens with zero attached hydrogens (tertiary/aromatic N) is 1. The molecule has 2 nitrogen and oxygen atoms in total. The number of para-hydroxylation sites is 1. The lowest BCUT2D eigenvalue weighted by atomic mass is 10.1. The maximum atomic E-state index is 3.97. The number of aromatic nitrogens is 1. The molecule has 0 saturated heterocycles. The van der Waals surface area contributed by atoms with Crippen molar-refractivity contribution in [1.29, 1.82) is 0 Å². The van der Waals surface area contributed by atoms with Gasteiger partial charge in [-0.25, -0.2) is 0 Å². The predicted octanol–water partition coefficient (Wildman–Crippen LogP) is 2.47. The second-order valence-electron chi connectivity index (χ2n) is 4.89. The van der Waals surface area contributed by atoms with E-state index in [0.717, 1.165) is 19.5 Å². The average Bonchev–Trinajstić information content (AvgIpc) is 2.79. The molecule has 1 aromatic heterocycles. The van der Waals surface area contributed by atoms with Crippen LogP contribution in [0.25, 0.3) is 10.9 Å². The third-order valence-electron chi connectivity index (χ3n) is 3.51. The van der Waals surface area contributed by atoms with E-state index in [2.05, 4.69) is 71.1 Å². The van der Waals surface area contributed by atoms with Crippen LogP contribution >= 0.6 is 0 Å².